The number of carbonyl (C=O) groups is 3. The minimum atomic E-state index is -0.623. The summed E-state index contributed by atoms with van der Waals surface area (Å²) in [6.45, 7) is 0. The van der Waals surface area contributed by atoms with Crippen LogP contribution in [0.1, 0.15) is 31.1 Å². The van der Waals surface area contributed by atoms with E-state index in [0.717, 1.165) is 38.8 Å². The lowest BCUT2D eigenvalue weighted by atomic mass is 10.1. The molecule has 0 bridgehead atoms. The first-order chi connectivity index (χ1) is 25.3. The van der Waals surface area contributed by atoms with Crippen molar-refractivity contribution in [3.63, 3.8) is 0 Å². The van der Waals surface area contributed by atoms with Gasteiger partial charge in [0.05, 0.1) is 23.8 Å². The molecule has 7 rings (SSSR count). The van der Waals surface area contributed by atoms with Crippen LogP contribution in [-0.2, 0) is 0 Å². The predicted molar refractivity (Wildman–Crippen MR) is 197 cm³/mol. The zero-order chi connectivity index (χ0) is 36.0. The van der Waals surface area contributed by atoms with Gasteiger partial charge in [0.25, 0.3) is 0 Å². The Morgan fingerprint density at radius 3 is 1.19 bits per heavy atom. The van der Waals surface area contributed by atoms with Crippen LogP contribution in [0.3, 0.4) is 0 Å². The molecule has 8 nitrogen and oxygen atoms in total. The summed E-state index contributed by atoms with van der Waals surface area (Å²) >= 11 is 0. The number of phenols is 1. The minimum absolute atomic E-state index is 0.158. The average molecular weight is 687 g/mol. The maximum Gasteiger partial charge on any atom is 0.343 e. The van der Waals surface area contributed by atoms with Gasteiger partial charge >= 0.3 is 17.9 Å². The van der Waals surface area contributed by atoms with Gasteiger partial charge in [0.1, 0.15) is 28.7 Å². The van der Waals surface area contributed by atoms with Crippen molar-refractivity contribution in [2.24, 2.45) is 0 Å². The number of methoxy groups -OCH3 is 1. The molecule has 7 aromatic carbocycles. The van der Waals surface area contributed by atoms with Crippen LogP contribution in [0.25, 0.3) is 33.0 Å². The van der Waals surface area contributed by atoms with E-state index < -0.39 is 17.9 Å². The van der Waals surface area contributed by atoms with Crippen LogP contribution in [0.4, 0.5) is 0 Å². The lowest BCUT2D eigenvalue weighted by molar-refractivity contribution is 0.0721. The SMILES string of the molecule is COc1ccc(-c2ccc(OC(=O)c3cccc(C(=O)Oc4ccc(-c5ccc(OC(=O)c6ccc7cc(O)ccc7c6)cc5)cc4)c3)cc2)cc1. The molecule has 0 amide bonds. The van der Waals surface area contributed by atoms with Gasteiger partial charge in [0, 0.05) is 0 Å². The third kappa shape index (κ3) is 7.66. The number of ether oxygens (including phenoxy) is 4. The number of carbonyl (C=O) groups excluding carboxylic acids is 3. The third-order valence-electron chi connectivity index (χ3n) is 8.34. The van der Waals surface area contributed by atoms with Crippen LogP contribution in [0.15, 0.2) is 158 Å². The highest BCUT2D eigenvalue weighted by atomic mass is 16.5. The summed E-state index contributed by atoms with van der Waals surface area (Å²) in [4.78, 5) is 38.7. The standard InChI is InChI=1S/C44H30O8/c1-49-38-17-8-28(9-18-38)29-10-19-39(20-11-29)50-42(46)34-3-2-4-35(26-34)43(47)51-40-21-12-30(13-22-40)31-14-23-41(24-15-31)52-44(48)36-6-5-33-27-37(45)16-7-32(33)25-36/h2-27,45H,1H3. The van der Waals surface area contributed by atoms with Crippen molar-refractivity contribution in [3.8, 4) is 51.0 Å². The molecule has 0 atom stereocenters. The predicted octanol–water partition coefficient (Wildman–Crippen LogP) is 9.55. The Hall–Kier alpha value is -7.19. The number of rotatable bonds is 9. The number of benzene rings is 7. The van der Waals surface area contributed by atoms with E-state index in [1.807, 2.05) is 60.7 Å². The molecular formula is C44H30O8. The van der Waals surface area contributed by atoms with Crippen LogP contribution in [-0.4, -0.2) is 30.1 Å². The highest BCUT2D eigenvalue weighted by Gasteiger charge is 2.15. The second-order valence-corrected chi connectivity index (χ2v) is 11.8. The molecule has 8 heteroatoms. The van der Waals surface area contributed by atoms with E-state index in [2.05, 4.69) is 0 Å². The van der Waals surface area contributed by atoms with Crippen molar-refractivity contribution < 1.29 is 38.4 Å². The van der Waals surface area contributed by atoms with Gasteiger partial charge < -0.3 is 24.1 Å². The highest BCUT2D eigenvalue weighted by Crippen LogP contribution is 2.28. The van der Waals surface area contributed by atoms with Crippen molar-refractivity contribution in [2.75, 3.05) is 7.11 Å². The molecule has 7 aromatic rings. The van der Waals surface area contributed by atoms with Crippen molar-refractivity contribution >= 4 is 28.7 Å². The van der Waals surface area contributed by atoms with E-state index >= 15 is 0 Å². The van der Waals surface area contributed by atoms with E-state index in [1.54, 1.807) is 98.1 Å². The third-order valence-corrected chi connectivity index (χ3v) is 8.34. The lowest BCUT2D eigenvalue weighted by Gasteiger charge is -2.09. The Morgan fingerprint density at radius 2 is 0.769 bits per heavy atom. The van der Waals surface area contributed by atoms with Crippen molar-refractivity contribution in [2.45, 2.75) is 0 Å². The van der Waals surface area contributed by atoms with E-state index in [-0.39, 0.29) is 16.9 Å². The van der Waals surface area contributed by atoms with Gasteiger partial charge in [-0.3, -0.25) is 0 Å². The first kappa shape index (κ1) is 33.3. The van der Waals surface area contributed by atoms with Crippen LogP contribution >= 0.6 is 0 Å². The zero-order valence-electron chi connectivity index (χ0n) is 27.8. The van der Waals surface area contributed by atoms with Gasteiger partial charge in [-0.05, 0) is 124 Å². The summed E-state index contributed by atoms with van der Waals surface area (Å²) in [6.07, 6.45) is 0. The summed E-state index contributed by atoms with van der Waals surface area (Å²) in [5, 5.41) is 11.3. The van der Waals surface area contributed by atoms with E-state index in [4.69, 9.17) is 18.9 Å². The maximum absolute atomic E-state index is 13.0. The van der Waals surface area contributed by atoms with Gasteiger partial charge in [-0.2, -0.15) is 0 Å². The molecule has 254 valence electrons. The summed E-state index contributed by atoms with van der Waals surface area (Å²) in [5.41, 5.74) is 4.47. The minimum Gasteiger partial charge on any atom is -0.508 e. The van der Waals surface area contributed by atoms with Crippen molar-refractivity contribution in [1.29, 1.82) is 0 Å². The fourth-order valence-corrected chi connectivity index (χ4v) is 5.56. The van der Waals surface area contributed by atoms with Crippen molar-refractivity contribution in [1.82, 2.24) is 0 Å². The van der Waals surface area contributed by atoms with Crippen molar-refractivity contribution in [3.05, 3.63) is 174 Å². The highest BCUT2D eigenvalue weighted by molar-refractivity contribution is 5.98. The first-order valence-electron chi connectivity index (χ1n) is 16.3. The smallest absolute Gasteiger partial charge is 0.343 e. The zero-order valence-corrected chi connectivity index (χ0v) is 27.8. The fraction of sp³-hybridized carbons (Fsp3) is 0.0227. The average Bonchev–Trinajstić information content (AvgIpc) is 3.18. The van der Waals surface area contributed by atoms with Gasteiger partial charge in [-0.25, -0.2) is 14.4 Å². The number of aromatic hydroxyl groups is 1. The molecule has 0 aromatic heterocycles. The Labute approximate surface area is 299 Å². The largest absolute Gasteiger partial charge is 0.508 e. The van der Waals surface area contributed by atoms with Crippen LogP contribution < -0.4 is 18.9 Å². The normalized spacial score (nSPS) is 10.7. The Bertz CT molecular complexity index is 2400. The second-order valence-electron chi connectivity index (χ2n) is 11.8. The monoisotopic (exact) mass is 686 g/mol. The number of hydrogen-bond acceptors (Lipinski definition) is 8. The molecule has 0 spiro atoms. The second kappa shape index (κ2) is 14.7. The topological polar surface area (TPSA) is 108 Å². The van der Waals surface area contributed by atoms with Crippen LogP contribution in [0, 0.1) is 0 Å². The van der Waals surface area contributed by atoms with Gasteiger partial charge in [-0.1, -0.05) is 66.7 Å². The lowest BCUT2D eigenvalue weighted by Crippen LogP contribution is -2.12. The Morgan fingerprint density at radius 1 is 0.404 bits per heavy atom. The Kier molecular flexibility index (Phi) is 9.44. The fourth-order valence-electron chi connectivity index (χ4n) is 5.56. The van der Waals surface area contributed by atoms with E-state index in [1.165, 1.54) is 6.07 Å². The molecule has 0 saturated carbocycles. The van der Waals surface area contributed by atoms with Crippen LogP contribution in [0.5, 0.6) is 28.7 Å². The molecule has 0 unspecified atom stereocenters. The summed E-state index contributed by atoms with van der Waals surface area (Å²) in [6, 6.07) is 45.1. The molecule has 0 radical (unpaired) electrons. The molecule has 0 aliphatic carbocycles. The summed E-state index contributed by atoms with van der Waals surface area (Å²) in [5.74, 6) is 0.291. The molecule has 0 aliphatic rings. The number of phenolic OH excluding ortho intramolecular Hbond substituents is 1. The van der Waals surface area contributed by atoms with Gasteiger partial charge in [0.15, 0.2) is 0 Å². The molecular weight excluding hydrogens is 656 g/mol. The molecule has 52 heavy (non-hydrogen) atoms. The quantitative estimate of drug-likeness (QED) is 0.118. The molecule has 0 fully saturated rings. The maximum atomic E-state index is 13.0. The van der Waals surface area contributed by atoms with Gasteiger partial charge in [-0.15, -0.1) is 0 Å². The number of fused-ring (bicyclic) bond motifs is 1. The van der Waals surface area contributed by atoms with E-state index in [0.29, 0.717) is 22.8 Å². The Balaban J connectivity index is 0.940. The first-order valence-corrected chi connectivity index (χ1v) is 16.3. The summed E-state index contributed by atoms with van der Waals surface area (Å²) in [7, 11) is 1.62. The van der Waals surface area contributed by atoms with E-state index in [9.17, 15) is 19.5 Å². The molecule has 0 heterocycles. The number of hydrogen-bond donors (Lipinski definition) is 1. The number of esters is 3. The summed E-state index contributed by atoms with van der Waals surface area (Å²) < 4.78 is 21.9. The molecule has 1 N–H and O–H groups in total. The molecule has 0 saturated heterocycles. The molecule has 0 aliphatic heterocycles. The van der Waals surface area contributed by atoms with Crippen LogP contribution in [0.2, 0.25) is 0 Å². The van der Waals surface area contributed by atoms with Gasteiger partial charge in [0.2, 0.25) is 0 Å².